The average Bonchev–Trinajstić information content (AvgIpc) is 2.31. The standard InChI is InChI=1S/C12H12BrFN2O/c1-8(6-15)7-16(2)12(17)10-5-9(14)3-4-11(10)13/h3-5,8H,7H2,1-2H3. The Hall–Kier alpha value is -1.41. The van der Waals surface area contributed by atoms with Crippen LogP contribution in [0.25, 0.3) is 0 Å². The molecule has 1 atom stereocenters. The smallest absolute Gasteiger partial charge is 0.254 e. The van der Waals surface area contributed by atoms with E-state index in [1.807, 2.05) is 6.07 Å². The molecule has 0 aromatic heterocycles. The minimum atomic E-state index is -0.460. The molecule has 1 aromatic rings. The zero-order valence-electron chi connectivity index (χ0n) is 9.58. The summed E-state index contributed by atoms with van der Waals surface area (Å²) in [5, 5.41) is 8.68. The molecule has 0 aliphatic heterocycles. The van der Waals surface area contributed by atoms with Gasteiger partial charge in [-0.25, -0.2) is 4.39 Å². The van der Waals surface area contributed by atoms with Gasteiger partial charge in [0.2, 0.25) is 0 Å². The topological polar surface area (TPSA) is 44.1 Å². The number of nitrogens with zero attached hydrogens (tertiary/aromatic N) is 2. The maximum atomic E-state index is 13.1. The Labute approximate surface area is 108 Å². The quantitative estimate of drug-likeness (QED) is 0.861. The Morgan fingerprint density at radius 1 is 1.65 bits per heavy atom. The lowest BCUT2D eigenvalue weighted by Crippen LogP contribution is -2.31. The Morgan fingerprint density at radius 2 is 2.29 bits per heavy atom. The molecule has 3 nitrogen and oxygen atoms in total. The number of hydrogen-bond donors (Lipinski definition) is 0. The van der Waals surface area contributed by atoms with E-state index >= 15 is 0 Å². The van der Waals surface area contributed by atoms with Crippen molar-refractivity contribution in [2.24, 2.45) is 5.92 Å². The van der Waals surface area contributed by atoms with Crippen LogP contribution in [-0.2, 0) is 0 Å². The minimum absolute atomic E-state index is 0.253. The van der Waals surface area contributed by atoms with Crippen molar-refractivity contribution in [2.75, 3.05) is 13.6 Å². The van der Waals surface area contributed by atoms with Crippen molar-refractivity contribution in [1.82, 2.24) is 4.90 Å². The predicted octanol–water partition coefficient (Wildman–Crippen LogP) is 2.82. The van der Waals surface area contributed by atoms with Crippen LogP contribution in [0.4, 0.5) is 4.39 Å². The molecule has 0 aliphatic carbocycles. The number of amides is 1. The fraction of sp³-hybridized carbons (Fsp3) is 0.333. The number of carbonyl (C=O) groups is 1. The van der Waals surface area contributed by atoms with E-state index in [9.17, 15) is 9.18 Å². The highest BCUT2D eigenvalue weighted by Crippen LogP contribution is 2.19. The number of halogens is 2. The van der Waals surface area contributed by atoms with Gasteiger partial charge in [0.15, 0.2) is 0 Å². The zero-order valence-corrected chi connectivity index (χ0v) is 11.2. The van der Waals surface area contributed by atoms with Gasteiger partial charge in [-0.15, -0.1) is 0 Å². The molecule has 1 unspecified atom stereocenters. The van der Waals surface area contributed by atoms with Crippen molar-refractivity contribution < 1.29 is 9.18 Å². The van der Waals surface area contributed by atoms with Crippen LogP contribution in [0.2, 0.25) is 0 Å². The maximum Gasteiger partial charge on any atom is 0.254 e. The van der Waals surface area contributed by atoms with E-state index in [4.69, 9.17) is 5.26 Å². The first-order chi connectivity index (χ1) is 7.95. The first-order valence-corrected chi connectivity index (χ1v) is 5.85. The molecule has 1 aromatic carbocycles. The van der Waals surface area contributed by atoms with Gasteiger partial charge in [0, 0.05) is 18.1 Å². The first kappa shape index (κ1) is 13.7. The number of benzene rings is 1. The molecule has 0 spiro atoms. The van der Waals surface area contributed by atoms with Crippen molar-refractivity contribution in [3.8, 4) is 6.07 Å². The van der Waals surface area contributed by atoms with E-state index in [2.05, 4.69) is 15.9 Å². The lowest BCUT2D eigenvalue weighted by molar-refractivity contribution is 0.0783. The van der Waals surface area contributed by atoms with E-state index < -0.39 is 5.82 Å². The lowest BCUT2D eigenvalue weighted by atomic mass is 10.1. The van der Waals surface area contributed by atoms with Gasteiger partial charge in [-0.05, 0) is 41.1 Å². The molecular weight excluding hydrogens is 287 g/mol. The molecule has 0 N–H and O–H groups in total. The van der Waals surface area contributed by atoms with Gasteiger partial charge in [0.05, 0.1) is 17.6 Å². The molecule has 0 fully saturated rings. The fourth-order valence-electron chi connectivity index (χ4n) is 1.40. The SMILES string of the molecule is CC(C#N)CN(C)C(=O)c1cc(F)ccc1Br. The van der Waals surface area contributed by atoms with Crippen LogP contribution >= 0.6 is 15.9 Å². The number of nitriles is 1. The monoisotopic (exact) mass is 298 g/mol. The third-order valence-corrected chi connectivity index (χ3v) is 2.97. The summed E-state index contributed by atoms with van der Waals surface area (Å²) in [7, 11) is 1.59. The highest BCUT2D eigenvalue weighted by Gasteiger charge is 2.17. The number of rotatable bonds is 3. The Bertz CT molecular complexity index is 470. The van der Waals surface area contributed by atoms with Crippen molar-refractivity contribution in [3.63, 3.8) is 0 Å². The van der Waals surface area contributed by atoms with E-state index in [0.717, 1.165) is 0 Å². The Morgan fingerprint density at radius 3 is 2.88 bits per heavy atom. The first-order valence-electron chi connectivity index (χ1n) is 5.06. The van der Waals surface area contributed by atoms with Gasteiger partial charge in [-0.2, -0.15) is 5.26 Å². The van der Waals surface area contributed by atoms with E-state index in [1.165, 1.54) is 23.1 Å². The van der Waals surface area contributed by atoms with Crippen LogP contribution in [0.5, 0.6) is 0 Å². The van der Waals surface area contributed by atoms with E-state index in [1.54, 1.807) is 14.0 Å². The van der Waals surface area contributed by atoms with Crippen LogP contribution in [0, 0.1) is 23.1 Å². The number of hydrogen-bond acceptors (Lipinski definition) is 2. The molecule has 1 rings (SSSR count). The van der Waals surface area contributed by atoms with Gasteiger partial charge in [0.25, 0.3) is 5.91 Å². The van der Waals surface area contributed by atoms with Gasteiger partial charge in [-0.3, -0.25) is 4.79 Å². The molecular formula is C12H12BrFN2O. The summed E-state index contributed by atoms with van der Waals surface area (Å²) >= 11 is 3.20. The summed E-state index contributed by atoms with van der Waals surface area (Å²) in [4.78, 5) is 13.4. The van der Waals surface area contributed by atoms with Crippen LogP contribution in [0.15, 0.2) is 22.7 Å². The maximum absolute atomic E-state index is 13.1. The van der Waals surface area contributed by atoms with Crippen molar-refractivity contribution in [2.45, 2.75) is 6.92 Å². The predicted molar refractivity (Wildman–Crippen MR) is 65.8 cm³/mol. The van der Waals surface area contributed by atoms with Gasteiger partial charge in [0.1, 0.15) is 5.82 Å². The second kappa shape index (κ2) is 5.78. The zero-order chi connectivity index (χ0) is 13.0. The van der Waals surface area contributed by atoms with Gasteiger partial charge >= 0.3 is 0 Å². The Balaban J connectivity index is 2.89. The van der Waals surface area contributed by atoms with Crippen molar-refractivity contribution in [3.05, 3.63) is 34.1 Å². The molecule has 0 saturated heterocycles. The summed E-state index contributed by atoms with van der Waals surface area (Å²) < 4.78 is 13.6. The fourth-order valence-corrected chi connectivity index (χ4v) is 1.82. The van der Waals surface area contributed by atoms with Crippen molar-refractivity contribution >= 4 is 21.8 Å². The highest BCUT2D eigenvalue weighted by molar-refractivity contribution is 9.10. The third-order valence-electron chi connectivity index (χ3n) is 2.27. The molecule has 0 heterocycles. The van der Waals surface area contributed by atoms with Gasteiger partial charge < -0.3 is 4.90 Å². The summed E-state index contributed by atoms with van der Waals surface area (Å²) in [5.74, 6) is -1.02. The summed E-state index contributed by atoms with van der Waals surface area (Å²) in [6.07, 6.45) is 0. The normalized spacial score (nSPS) is 11.7. The molecule has 90 valence electrons. The van der Waals surface area contributed by atoms with Crippen LogP contribution in [0.3, 0.4) is 0 Å². The summed E-state index contributed by atoms with van der Waals surface area (Å²) in [6.45, 7) is 2.04. The molecule has 1 amide bonds. The van der Waals surface area contributed by atoms with Gasteiger partial charge in [-0.1, -0.05) is 0 Å². The minimum Gasteiger partial charge on any atom is -0.340 e. The Kier molecular flexibility index (Phi) is 4.64. The molecule has 0 aliphatic rings. The van der Waals surface area contributed by atoms with Crippen molar-refractivity contribution in [1.29, 1.82) is 5.26 Å². The van der Waals surface area contributed by atoms with Crippen LogP contribution in [-0.4, -0.2) is 24.4 Å². The third kappa shape index (κ3) is 3.53. The second-order valence-corrected chi connectivity index (χ2v) is 4.69. The van der Waals surface area contributed by atoms with E-state index in [-0.39, 0.29) is 17.4 Å². The average molecular weight is 299 g/mol. The molecule has 0 bridgehead atoms. The molecule has 5 heteroatoms. The number of carbonyl (C=O) groups excluding carboxylic acids is 1. The lowest BCUT2D eigenvalue weighted by Gasteiger charge is -2.19. The molecule has 17 heavy (non-hydrogen) atoms. The van der Waals surface area contributed by atoms with Crippen LogP contribution < -0.4 is 0 Å². The van der Waals surface area contributed by atoms with Crippen LogP contribution in [0.1, 0.15) is 17.3 Å². The highest BCUT2D eigenvalue weighted by atomic mass is 79.9. The van der Waals surface area contributed by atoms with E-state index in [0.29, 0.717) is 11.0 Å². The summed E-state index contributed by atoms with van der Waals surface area (Å²) in [5.41, 5.74) is 0.262. The molecule has 0 saturated carbocycles. The summed E-state index contributed by atoms with van der Waals surface area (Å²) in [6, 6.07) is 6.00. The largest absolute Gasteiger partial charge is 0.340 e. The second-order valence-electron chi connectivity index (χ2n) is 3.84. The molecule has 0 radical (unpaired) electrons.